The van der Waals surface area contributed by atoms with Crippen LogP contribution in [0, 0.1) is 5.41 Å². The first kappa shape index (κ1) is 14.2. The molecule has 0 saturated heterocycles. The van der Waals surface area contributed by atoms with Crippen molar-refractivity contribution in [1.82, 2.24) is 4.90 Å². The summed E-state index contributed by atoms with van der Waals surface area (Å²) in [5.74, 6) is -1.87. The monoisotopic (exact) mass is 275 g/mol. The number of anilines is 1. The molecule has 4 N–H and O–H groups in total. The van der Waals surface area contributed by atoms with Crippen molar-refractivity contribution in [3.63, 3.8) is 0 Å². The van der Waals surface area contributed by atoms with Gasteiger partial charge in [-0.25, -0.2) is 4.90 Å². The van der Waals surface area contributed by atoms with Gasteiger partial charge in [-0.2, -0.15) is 0 Å². The predicted molar refractivity (Wildman–Crippen MR) is 73.8 cm³/mol. The van der Waals surface area contributed by atoms with Crippen molar-refractivity contribution >= 4 is 23.4 Å². The number of carbonyl (C=O) groups excluding carboxylic acids is 3. The zero-order valence-corrected chi connectivity index (χ0v) is 11.5. The molecule has 0 saturated carbocycles. The van der Waals surface area contributed by atoms with E-state index in [-0.39, 0.29) is 23.4 Å². The summed E-state index contributed by atoms with van der Waals surface area (Å²) in [7, 11) is 0. The van der Waals surface area contributed by atoms with E-state index >= 15 is 0 Å². The molecule has 20 heavy (non-hydrogen) atoms. The van der Waals surface area contributed by atoms with Crippen LogP contribution >= 0.6 is 0 Å². The Hall–Kier alpha value is -2.21. The summed E-state index contributed by atoms with van der Waals surface area (Å²) in [6.45, 7) is 3.49. The third kappa shape index (κ3) is 1.80. The highest BCUT2D eigenvalue weighted by molar-refractivity contribution is 6.31. The molecular weight excluding hydrogens is 258 g/mol. The number of hydrogen-bond acceptors (Lipinski definition) is 5. The van der Waals surface area contributed by atoms with E-state index in [1.807, 2.05) is 0 Å². The molecule has 0 spiro atoms. The minimum absolute atomic E-state index is 0.0607. The van der Waals surface area contributed by atoms with Crippen molar-refractivity contribution in [3.8, 4) is 0 Å². The molecule has 3 amide bonds. The summed E-state index contributed by atoms with van der Waals surface area (Å²) >= 11 is 0. The number of fused-ring (bicyclic) bond motifs is 1. The lowest BCUT2D eigenvalue weighted by Gasteiger charge is -2.28. The van der Waals surface area contributed by atoms with Gasteiger partial charge in [-0.1, -0.05) is 13.0 Å². The Morgan fingerprint density at radius 2 is 1.95 bits per heavy atom. The second-order valence-electron chi connectivity index (χ2n) is 5.14. The highest BCUT2D eigenvalue weighted by Crippen LogP contribution is 2.32. The molecule has 0 aliphatic carbocycles. The highest BCUT2D eigenvalue weighted by atomic mass is 16.2. The molecule has 106 valence electrons. The van der Waals surface area contributed by atoms with Crippen molar-refractivity contribution in [2.45, 2.75) is 20.3 Å². The van der Waals surface area contributed by atoms with Crippen LogP contribution in [0.25, 0.3) is 0 Å². The smallest absolute Gasteiger partial charge is 0.270 e. The second-order valence-corrected chi connectivity index (χ2v) is 5.14. The molecule has 1 heterocycles. The van der Waals surface area contributed by atoms with E-state index in [1.165, 1.54) is 12.1 Å². The number of amides is 3. The first-order valence-electron chi connectivity index (χ1n) is 6.39. The number of nitrogens with zero attached hydrogens (tertiary/aromatic N) is 1. The van der Waals surface area contributed by atoms with Crippen LogP contribution in [0.3, 0.4) is 0 Å². The molecule has 0 radical (unpaired) electrons. The van der Waals surface area contributed by atoms with E-state index in [9.17, 15) is 14.4 Å². The van der Waals surface area contributed by atoms with Gasteiger partial charge < -0.3 is 11.5 Å². The van der Waals surface area contributed by atoms with Crippen LogP contribution < -0.4 is 11.5 Å². The third-order valence-corrected chi connectivity index (χ3v) is 3.90. The number of carbonyl (C=O) groups is 3. The number of nitrogens with two attached hydrogens (primary N) is 2. The Kier molecular flexibility index (Phi) is 3.35. The van der Waals surface area contributed by atoms with Gasteiger partial charge in [0.25, 0.3) is 11.8 Å². The molecule has 0 fully saturated rings. The number of hydrogen-bond donors (Lipinski definition) is 2. The van der Waals surface area contributed by atoms with Crippen LogP contribution in [0.1, 0.15) is 41.0 Å². The number of imide groups is 3. The Bertz CT molecular complexity index is 606. The van der Waals surface area contributed by atoms with E-state index in [0.717, 1.165) is 0 Å². The lowest BCUT2D eigenvalue weighted by Crippen LogP contribution is -2.48. The molecule has 1 aromatic carbocycles. The Morgan fingerprint density at radius 1 is 1.30 bits per heavy atom. The van der Waals surface area contributed by atoms with Crippen LogP contribution in [0.2, 0.25) is 0 Å². The first-order valence-corrected chi connectivity index (χ1v) is 6.39. The van der Waals surface area contributed by atoms with Crippen molar-refractivity contribution in [2.24, 2.45) is 11.1 Å². The predicted octanol–water partition coefficient (Wildman–Crippen LogP) is 0.766. The molecule has 1 aliphatic rings. The fourth-order valence-electron chi connectivity index (χ4n) is 2.15. The number of rotatable bonds is 3. The minimum atomic E-state index is -0.942. The van der Waals surface area contributed by atoms with Crippen molar-refractivity contribution in [3.05, 3.63) is 29.3 Å². The summed E-state index contributed by atoms with van der Waals surface area (Å²) in [5.41, 5.74) is 10.9. The van der Waals surface area contributed by atoms with E-state index in [0.29, 0.717) is 11.3 Å². The van der Waals surface area contributed by atoms with E-state index in [2.05, 4.69) is 0 Å². The van der Waals surface area contributed by atoms with Gasteiger partial charge in [0.1, 0.15) is 0 Å². The van der Waals surface area contributed by atoms with E-state index < -0.39 is 23.1 Å². The quantitative estimate of drug-likeness (QED) is 0.626. The fourth-order valence-corrected chi connectivity index (χ4v) is 2.15. The van der Waals surface area contributed by atoms with Gasteiger partial charge >= 0.3 is 0 Å². The Balaban J connectivity index is 2.48. The van der Waals surface area contributed by atoms with Gasteiger partial charge in [0.15, 0.2) is 0 Å². The zero-order valence-electron chi connectivity index (χ0n) is 11.5. The normalized spacial score (nSPS) is 17.1. The van der Waals surface area contributed by atoms with Gasteiger partial charge in [-0.05, 0) is 25.5 Å². The van der Waals surface area contributed by atoms with Crippen LogP contribution in [0.15, 0.2) is 18.2 Å². The lowest BCUT2D eigenvalue weighted by molar-refractivity contribution is -0.135. The highest BCUT2D eigenvalue weighted by Gasteiger charge is 2.46. The molecule has 0 aromatic heterocycles. The summed E-state index contributed by atoms with van der Waals surface area (Å²) in [6, 6.07) is 4.60. The van der Waals surface area contributed by atoms with Gasteiger partial charge in [-0.3, -0.25) is 14.4 Å². The molecular formula is C14H17N3O3. The van der Waals surface area contributed by atoms with Crippen LogP contribution in [-0.4, -0.2) is 29.2 Å². The van der Waals surface area contributed by atoms with Crippen LogP contribution in [0.4, 0.5) is 5.69 Å². The van der Waals surface area contributed by atoms with Crippen molar-refractivity contribution in [2.75, 3.05) is 12.3 Å². The molecule has 1 aliphatic heterocycles. The average molecular weight is 275 g/mol. The summed E-state index contributed by atoms with van der Waals surface area (Å²) in [5, 5.41) is 0. The Labute approximate surface area is 116 Å². The average Bonchev–Trinajstić information content (AvgIpc) is 2.70. The molecule has 1 aromatic rings. The summed E-state index contributed by atoms with van der Waals surface area (Å²) in [4.78, 5) is 37.7. The van der Waals surface area contributed by atoms with Crippen LogP contribution in [0.5, 0.6) is 0 Å². The summed E-state index contributed by atoms with van der Waals surface area (Å²) < 4.78 is 0. The molecule has 1 unspecified atom stereocenters. The molecule has 0 bridgehead atoms. The van der Waals surface area contributed by atoms with Gasteiger partial charge in [0.05, 0.1) is 16.5 Å². The lowest BCUT2D eigenvalue weighted by atomic mass is 9.86. The second kappa shape index (κ2) is 4.72. The van der Waals surface area contributed by atoms with Crippen LogP contribution in [-0.2, 0) is 4.79 Å². The molecule has 1 atom stereocenters. The largest absolute Gasteiger partial charge is 0.398 e. The molecule has 6 heteroatoms. The van der Waals surface area contributed by atoms with E-state index in [1.54, 1.807) is 19.9 Å². The van der Waals surface area contributed by atoms with E-state index in [4.69, 9.17) is 11.5 Å². The summed E-state index contributed by atoms with van der Waals surface area (Å²) in [6.07, 6.45) is 0.436. The zero-order chi connectivity index (χ0) is 15.1. The van der Waals surface area contributed by atoms with Gasteiger partial charge in [0.2, 0.25) is 5.91 Å². The maximum Gasteiger partial charge on any atom is 0.270 e. The number of benzene rings is 1. The molecule has 2 rings (SSSR count). The van der Waals surface area contributed by atoms with Gasteiger partial charge in [0, 0.05) is 12.2 Å². The van der Waals surface area contributed by atoms with Crippen molar-refractivity contribution < 1.29 is 14.4 Å². The van der Waals surface area contributed by atoms with Crippen molar-refractivity contribution in [1.29, 1.82) is 0 Å². The Morgan fingerprint density at radius 3 is 2.45 bits per heavy atom. The third-order valence-electron chi connectivity index (χ3n) is 3.90. The fraction of sp³-hybridized carbons (Fsp3) is 0.357. The maximum atomic E-state index is 12.5. The molecule has 6 nitrogen and oxygen atoms in total. The minimum Gasteiger partial charge on any atom is -0.398 e. The topological polar surface area (TPSA) is 106 Å². The SMILES string of the molecule is CCC(C)(CN)C(=O)N1C(=O)c2cccc(N)c2C1=O. The van der Waals surface area contributed by atoms with Gasteiger partial charge in [-0.15, -0.1) is 0 Å². The standard InChI is InChI=1S/C14H17N3O3/c1-3-14(2,7-15)13(20)17-11(18)8-5-4-6-9(16)10(8)12(17)19/h4-6H,3,7,15-16H2,1-2H3. The first-order chi connectivity index (χ1) is 9.37. The maximum absolute atomic E-state index is 12.5. The number of nitrogen functional groups attached to an aromatic ring is 1.